The summed E-state index contributed by atoms with van der Waals surface area (Å²) in [6.45, 7) is 4.03. The van der Waals surface area contributed by atoms with Gasteiger partial charge >= 0.3 is 6.09 Å². The molecule has 0 spiro atoms. The zero-order valence-corrected chi connectivity index (χ0v) is 18.3. The Bertz CT molecular complexity index is 359. The first-order valence-electron chi connectivity index (χ1n) is 11.9. The van der Waals surface area contributed by atoms with Gasteiger partial charge in [0.1, 0.15) is 6.10 Å². The molecular formula is C23H45NO4. The molecule has 0 saturated carbocycles. The normalized spacial score (nSPS) is 17.6. The Hall–Kier alpha value is -0.810. The second-order valence-electron chi connectivity index (χ2n) is 8.35. The van der Waals surface area contributed by atoms with Gasteiger partial charge in [-0.15, -0.1) is 0 Å². The third kappa shape index (κ3) is 14.2. The van der Waals surface area contributed by atoms with Gasteiger partial charge in [0, 0.05) is 19.6 Å². The van der Waals surface area contributed by atoms with Crippen molar-refractivity contribution in [1.82, 2.24) is 5.32 Å². The highest BCUT2D eigenvalue weighted by Crippen LogP contribution is 2.15. The van der Waals surface area contributed by atoms with E-state index in [-0.39, 0.29) is 24.7 Å². The minimum atomic E-state index is -0.390. The number of aliphatic hydroxyl groups excluding tert-OH is 1. The van der Waals surface area contributed by atoms with Crippen LogP contribution in [-0.4, -0.2) is 43.7 Å². The lowest BCUT2D eigenvalue weighted by molar-refractivity contribution is 0.0811. The topological polar surface area (TPSA) is 67.8 Å². The number of aliphatic hydroxyl groups is 1. The SMILES string of the molecule is CCCCCCCCCCCCCCCC(CO)CNC(=O)OC1CCOC1. The number of hydrogen-bond donors (Lipinski definition) is 2. The van der Waals surface area contributed by atoms with Crippen molar-refractivity contribution in [2.24, 2.45) is 5.92 Å². The molecule has 1 rings (SSSR count). The van der Waals surface area contributed by atoms with Gasteiger partial charge in [-0.05, 0) is 12.3 Å². The molecule has 0 bridgehead atoms. The van der Waals surface area contributed by atoms with E-state index in [0.717, 1.165) is 19.3 Å². The van der Waals surface area contributed by atoms with Crippen molar-refractivity contribution in [2.45, 2.75) is 109 Å². The molecule has 0 aromatic rings. The van der Waals surface area contributed by atoms with Gasteiger partial charge in [0.25, 0.3) is 0 Å². The molecule has 28 heavy (non-hydrogen) atoms. The van der Waals surface area contributed by atoms with Gasteiger partial charge in [0.2, 0.25) is 0 Å². The summed E-state index contributed by atoms with van der Waals surface area (Å²) in [7, 11) is 0. The van der Waals surface area contributed by atoms with Crippen molar-refractivity contribution in [3.05, 3.63) is 0 Å². The molecule has 2 N–H and O–H groups in total. The van der Waals surface area contributed by atoms with Gasteiger partial charge in [-0.25, -0.2) is 4.79 Å². The molecule has 0 radical (unpaired) electrons. The third-order valence-electron chi connectivity index (χ3n) is 5.67. The van der Waals surface area contributed by atoms with E-state index in [1.165, 1.54) is 77.0 Å². The summed E-state index contributed by atoms with van der Waals surface area (Å²) in [6.07, 6.45) is 18.7. The van der Waals surface area contributed by atoms with Gasteiger partial charge < -0.3 is 19.9 Å². The number of unbranched alkanes of at least 4 members (excludes halogenated alkanes) is 12. The molecule has 1 aliphatic heterocycles. The molecule has 0 aliphatic carbocycles. The maximum Gasteiger partial charge on any atom is 0.407 e. The van der Waals surface area contributed by atoms with Gasteiger partial charge in [-0.2, -0.15) is 0 Å². The summed E-state index contributed by atoms with van der Waals surface area (Å²) in [4.78, 5) is 11.7. The van der Waals surface area contributed by atoms with Crippen molar-refractivity contribution in [3.63, 3.8) is 0 Å². The zero-order valence-electron chi connectivity index (χ0n) is 18.3. The Morgan fingerprint density at radius 2 is 1.57 bits per heavy atom. The molecule has 166 valence electrons. The first kappa shape index (κ1) is 25.2. The van der Waals surface area contributed by atoms with Crippen LogP contribution in [0.5, 0.6) is 0 Å². The minimum Gasteiger partial charge on any atom is -0.444 e. The van der Waals surface area contributed by atoms with Crippen LogP contribution in [0.3, 0.4) is 0 Å². The third-order valence-corrected chi connectivity index (χ3v) is 5.67. The molecule has 2 atom stereocenters. The van der Waals surface area contributed by atoms with Crippen LogP contribution in [0.15, 0.2) is 0 Å². The molecule has 0 aromatic carbocycles. The molecule has 1 fully saturated rings. The van der Waals surface area contributed by atoms with Crippen molar-refractivity contribution in [2.75, 3.05) is 26.4 Å². The zero-order chi connectivity index (χ0) is 20.3. The van der Waals surface area contributed by atoms with Crippen LogP contribution in [0.2, 0.25) is 0 Å². The van der Waals surface area contributed by atoms with E-state index in [0.29, 0.717) is 19.8 Å². The van der Waals surface area contributed by atoms with Gasteiger partial charge in [0.15, 0.2) is 0 Å². The van der Waals surface area contributed by atoms with E-state index in [9.17, 15) is 9.90 Å². The summed E-state index contributed by atoms with van der Waals surface area (Å²) in [6, 6.07) is 0. The molecule has 0 aromatic heterocycles. The number of nitrogens with one attached hydrogen (secondary N) is 1. The minimum absolute atomic E-state index is 0.116. The lowest BCUT2D eigenvalue weighted by Crippen LogP contribution is -2.34. The Morgan fingerprint density at radius 1 is 1.00 bits per heavy atom. The predicted octanol–water partition coefficient (Wildman–Crippen LogP) is 5.59. The predicted molar refractivity (Wildman–Crippen MR) is 115 cm³/mol. The smallest absolute Gasteiger partial charge is 0.407 e. The maximum absolute atomic E-state index is 11.7. The van der Waals surface area contributed by atoms with E-state index in [2.05, 4.69) is 12.2 Å². The number of carbonyl (C=O) groups excluding carboxylic acids is 1. The van der Waals surface area contributed by atoms with Crippen LogP contribution >= 0.6 is 0 Å². The monoisotopic (exact) mass is 399 g/mol. The van der Waals surface area contributed by atoms with Crippen LogP contribution in [0, 0.1) is 5.92 Å². The van der Waals surface area contributed by atoms with Crippen LogP contribution < -0.4 is 5.32 Å². The van der Waals surface area contributed by atoms with E-state index in [1.54, 1.807) is 0 Å². The van der Waals surface area contributed by atoms with Crippen LogP contribution in [0.1, 0.15) is 103 Å². The highest BCUT2D eigenvalue weighted by atomic mass is 16.6. The first-order valence-corrected chi connectivity index (χ1v) is 11.9. The molecule has 5 heteroatoms. The number of carbonyl (C=O) groups is 1. The Morgan fingerprint density at radius 3 is 2.07 bits per heavy atom. The molecule has 2 unspecified atom stereocenters. The summed E-state index contributed by atoms with van der Waals surface area (Å²) in [5.41, 5.74) is 0. The Kier molecular flexibility index (Phi) is 16.4. The van der Waals surface area contributed by atoms with Gasteiger partial charge in [-0.1, -0.05) is 90.4 Å². The van der Waals surface area contributed by atoms with Gasteiger partial charge in [-0.3, -0.25) is 0 Å². The van der Waals surface area contributed by atoms with Crippen molar-refractivity contribution in [1.29, 1.82) is 0 Å². The largest absolute Gasteiger partial charge is 0.444 e. The average Bonchev–Trinajstić information content (AvgIpc) is 3.20. The molecule has 1 saturated heterocycles. The van der Waals surface area contributed by atoms with Crippen molar-refractivity contribution >= 4 is 6.09 Å². The fraction of sp³-hybridized carbons (Fsp3) is 0.957. The van der Waals surface area contributed by atoms with Crippen LogP contribution in [-0.2, 0) is 9.47 Å². The quantitative estimate of drug-likeness (QED) is 0.295. The first-order chi connectivity index (χ1) is 13.8. The van der Waals surface area contributed by atoms with Gasteiger partial charge in [0.05, 0.1) is 13.2 Å². The summed E-state index contributed by atoms with van der Waals surface area (Å²) in [5, 5.41) is 12.3. The average molecular weight is 400 g/mol. The van der Waals surface area contributed by atoms with E-state index in [1.807, 2.05) is 0 Å². The van der Waals surface area contributed by atoms with Crippen LogP contribution in [0.4, 0.5) is 4.79 Å². The standard InChI is InChI=1S/C23H45NO4/c1-2-3-4-5-6-7-8-9-10-11-12-13-14-15-21(19-25)18-24-23(26)28-22-16-17-27-20-22/h21-22,25H,2-20H2,1H3,(H,24,26). The Balaban J connectivity index is 1.86. The summed E-state index contributed by atoms with van der Waals surface area (Å²) in [5.74, 6) is 0.125. The highest BCUT2D eigenvalue weighted by Gasteiger charge is 2.20. The second kappa shape index (κ2) is 18.2. The van der Waals surface area contributed by atoms with E-state index in [4.69, 9.17) is 9.47 Å². The van der Waals surface area contributed by atoms with E-state index >= 15 is 0 Å². The highest BCUT2D eigenvalue weighted by molar-refractivity contribution is 5.67. The number of alkyl carbamates (subject to hydrolysis) is 1. The lowest BCUT2D eigenvalue weighted by Gasteiger charge is -2.16. The molecule has 1 heterocycles. The number of ether oxygens (including phenoxy) is 2. The summed E-state index contributed by atoms with van der Waals surface area (Å²) < 4.78 is 10.5. The van der Waals surface area contributed by atoms with E-state index < -0.39 is 0 Å². The Labute approximate surface area is 172 Å². The van der Waals surface area contributed by atoms with Crippen molar-refractivity contribution < 1.29 is 19.4 Å². The molecular weight excluding hydrogens is 354 g/mol. The number of amides is 1. The fourth-order valence-electron chi connectivity index (χ4n) is 3.74. The van der Waals surface area contributed by atoms with Crippen molar-refractivity contribution in [3.8, 4) is 0 Å². The second-order valence-corrected chi connectivity index (χ2v) is 8.35. The fourth-order valence-corrected chi connectivity index (χ4v) is 3.74. The van der Waals surface area contributed by atoms with Crippen LogP contribution in [0.25, 0.3) is 0 Å². The summed E-state index contributed by atoms with van der Waals surface area (Å²) >= 11 is 0. The number of hydrogen-bond acceptors (Lipinski definition) is 4. The molecule has 1 amide bonds. The molecule has 5 nitrogen and oxygen atoms in total. The lowest BCUT2D eigenvalue weighted by atomic mass is 10.00. The maximum atomic E-state index is 11.7. The number of rotatable bonds is 18. The molecule has 1 aliphatic rings.